The Bertz CT molecular complexity index is 1380. The summed E-state index contributed by atoms with van der Waals surface area (Å²) in [5.74, 6) is 1.83. The molecule has 2 heterocycles. The Morgan fingerprint density at radius 1 is 0.854 bits per heavy atom. The molecule has 0 aliphatic rings. The topological polar surface area (TPSA) is 60.8 Å². The second-order valence-corrected chi connectivity index (χ2v) is 10.2. The summed E-state index contributed by atoms with van der Waals surface area (Å²) in [4.78, 5) is 7.75. The predicted octanol–water partition coefficient (Wildman–Crippen LogP) is 7.32. The lowest BCUT2D eigenvalue weighted by molar-refractivity contribution is 0.296. The first-order chi connectivity index (χ1) is 19.6. The molecule has 0 saturated carbocycles. The molecule has 41 heavy (non-hydrogen) atoms. The minimum absolute atomic E-state index is 0. The van der Waals surface area contributed by atoms with Crippen LogP contribution in [0.25, 0.3) is 33.1 Å². The molecule has 2 aromatic heterocycles. The van der Waals surface area contributed by atoms with Crippen molar-refractivity contribution in [2.24, 2.45) is 0 Å². The SMILES string of the molecule is CCCCn1c2ccccc2c2cc(CNCCCCN(CC)CC)nc(-c3cc(OC)c(OC)c(OC)c3)c21.Cl. The van der Waals surface area contributed by atoms with Crippen LogP contribution in [0.4, 0.5) is 0 Å². The smallest absolute Gasteiger partial charge is 0.203 e. The average molecular weight is 583 g/mol. The standard InChI is InChI=1S/C33H46N4O3.ClH/c1-7-10-19-37-28-16-12-11-15-26(28)27-22-25(23-34-17-13-14-18-36(8-2)9-3)35-31(32(27)37)24-20-29(38-4)33(40-6)30(21-24)39-5;/h11-12,15-16,20-22,34H,7-10,13-14,17-19,23H2,1-6H3;1H. The number of ether oxygens (including phenoxy) is 3. The van der Waals surface area contributed by atoms with Crippen molar-refractivity contribution in [3.63, 3.8) is 0 Å². The van der Waals surface area contributed by atoms with Crippen LogP contribution in [0.5, 0.6) is 17.2 Å². The number of nitrogens with zero attached hydrogens (tertiary/aromatic N) is 3. The van der Waals surface area contributed by atoms with Crippen LogP contribution >= 0.6 is 12.4 Å². The van der Waals surface area contributed by atoms with Gasteiger partial charge in [0.05, 0.1) is 38.2 Å². The van der Waals surface area contributed by atoms with E-state index in [4.69, 9.17) is 19.2 Å². The van der Waals surface area contributed by atoms with E-state index in [1.54, 1.807) is 21.3 Å². The predicted molar refractivity (Wildman–Crippen MR) is 173 cm³/mol. The van der Waals surface area contributed by atoms with Crippen molar-refractivity contribution in [1.29, 1.82) is 0 Å². The molecule has 2 aromatic carbocycles. The monoisotopic (exact) mass is 582 g/mol. The van der Waals surface area contributed by atoms with Crippen LogP contribution in [0.1, 0.15) is 52.1 Å². The highest BCUT2D eigenvalue weighted by molar-refractivity contribution is 6.12. The number of aryl methyl sites for hydroxylation is 1. The van der Waals surface area contributed by atoms with Gasteiger partial charge in [-0.1, -0.05) is 45.4 Å². The lowest BCUT2D eigenvalue weighted by Gasteiger charge is -2.17. The first kappa shape index (κ1) is 32.5. The van der Waals surface area contributed by atoms with Gasteiger partial charge < -0.3 is 29.0 Å². The maximum Gasteiger partial charge on any atom is 0.203 e. The van der Waals surface area contributed by atoms with Gasteiger partial charge in [-0.25, -0.2) is 4.98 Å². The summed E-state index contributed by atoms with van der Waals surface area (Å²) in [6.45, 7) is 12.7. The van der Waals surface area contributed by atoms with E-state index in [0.717, 1.165) is 74.5 Å². The molecule has 4 aromatic rings. The molecule has 0 bridgehead atoms. The third kappa shape index (κ3) is 7.26. The first-order valence-corrected chi connectivity index (χ1v) is 14.7. The Balaban J connectivity index is 0.00000462. The molecule has 1 N–H and O–H groups in total. The van der Waals surface area contributed by atoms with Crippen LogP contribution in [-0.2, 0) is 13.1 Å². The third-order valence-corrected chi connectivity index (χ3v) is 7.75. The van der Waals surface area contributed by atoms with E-state index in [1.807, 2.05) is 12.1 Å². The third-order valence-electron chi connectivity index (χ3n) is 7.75. The molecule has 0 spiro atoms. The van der Waals surface area contributed by atoms with Crippen molar-refractivity contribution < 1.29 is 14.2 Å². The number of aromatic nitrogens is 2. The van der Waals surface area contributed by atoms with Crippen molar-refractivity contribution in [3.8, 4) is 28.5 Å². The Morgan fingerprint density at radius 3 is 2.20 bits per heavy atom. The number of methoxy groups -OCH3 is 3. The number of fused-ring (bicyclic) bond motifs is 3. The van der Waals surface area contributed by atoms with Gasteiger partial charge in [0.2, 0.25) is 5.75 Å². The van der Waals surface area contributed by atoms with Gasteiger partial charge >= 0.3 is 0 Å². The molecule has 224 valence electrons. The average Bonchev–Trinajstić information content (AvgIpc) is 3.31. The van der Waals surface area contributed by atoms with Crippen LogP contribution < -0.4 is 19.5 Å². The number of pyridine rings is 1. The molecule has 7 nitrogen and oxygen atoms in total. The van der Waals surface area contributed by atoms with Gasteiger partial charge in [0.15, 0.2) is 11.5 Å². The van der Waals surface area contributed by atoms with Crippen LogP contribution in [0, 0.1) is 0 Å². The zero-order valence-corrected chi connectivity index (χ0v) is 26.4. The lowest BCUT2D eigenvalue weighted by atomic mass is 10.0. The van der Waals surface area contributed by atoms with Gasteiger partial charge in [-0.15, -0.1) is 12.4 Å². The van der Waals surface area contributed by atoms with Crippen molar-refractivity contribution in [2.75, 3.05) is 47.5 Å². The van der Waals surface area contributed by atoms with Crippen LogP contribution in [0.15, 0.2) is 42.5 Å². The number of halogens is 1. The van der Waals surface area contributed by atoms with Gasteiger partial charge in [0.1, 0.15) is 0 Å². The summed E-state index contributed by atoms with van der Waals surface area (Å²) in [6.07, 6.45) is 4.56. The second-order valence-electron chi connectivity index (χ2n) is 10.2. The van der Waals surface area contributed by atoms with E-state index in [2.05, 4.69) is 65.9 Å². The molecule has 0 saturated heterocycles. The highest BCUT2D eigenvalue weighted by Gasteiger charge is 2.21. The van der Waals surface area contributed by atoms with Crippen molar-refractivity contribution in [2.45, 2.75) is 59.5 Å². The van der Waals surface area contributed by atoms with E-state index in [9.17, 15) is 0 Å². The van der Waals surface area contributed by atoms with Crippen LogP contribution in [0.2, 0.25) is 0 Å². The van der Waals surface area contributed by atoms with E-state index >= 15 is 0 Å². The molecule has 4 rings (SSSR count). The zero-order valence-electron chi connectivity index (χ0n) is 25.6. The molecule has 0 atom stereocenters. The molecular formula is C33H47ClN4O3. The molecule has 0 aliphatic carbocycles. The summed E-state index contributed by atoms with van der Waals surface area (Å²) in [7, 11) is 4.94. The summed E-state index contributed by atoms with van der Waals surface area (Å²) >= 11 is 0. The summed E-state index contributed by atoms with van der Waals surface area (Å²) in [6, 6.07) is 15.0. The minimum atomic E-state index is 0. The Kier molecular flexibility index (Phi) is 12.6. The summed E-state index contributed by atoms with van der Waals surface area (Å²) in [5, 5.41) is 6.13. The van der Waals surface area contributed by atoms with Gasteiger partial charge in [0.25, 0.3) is 0 Å². The van der Waals surface area contributed by atoms with Gasteiger partial charge in [0, 0.05) is 34.9 Å². The normalized spacial score (nSPS) is 11.3. The van der Waals surface area contributed by atoms with Gasteiger partial charge in [-0.05, 0) is 69.7 Å². The quantitative estimate of drug-likeness (QED) is 0.140. The highest BCUT2D eigenvalue weighted by atomic mass is 35.5. The molecule has 0 fully saturated rings. The van der Waals surface area contributed by atoms with E-state index in [0.29, 0.717) is 23.8 Å². The lowest BCUT2D eigenvalue weighted by Crippen LogP contribution is -2.25. The molecule has 0 unspecified atom stereocenters. The van der Waals surface area contributed by atoms with E-state index < -0.39 is 0 Å². The van der Waals surface area contributed by atoms with Crippen LogP contribution in [-0.4, -0.2) is 62.0 Å². The maximum absolute atomic E-state index is 5.72. The molecule has 0 amide bonds. The van der Waals surface area contributed by atoms with Gasteiger partial charge in [-0.3, -0.25) is 0 Å². The summed E-state index contributed by atoms with van der Waals surface area (Å²) < 4.78 is 19.5. The number of rotatable bonds is 16. The van der Waals surface area contributed by atoms with Crippen molar-refractivity contribution in [1.82, 2.24) is 19.8 Å². The van der Waals surface area contributed by atoms with E-state index in [-0.39, 0.29) is 12.4 Å². The number of benzene rings is 2. The molecule has 0 aliphatic heterocycles. The number of hydrogen-bond donors (Lipinski definition) is 1. The molecular weight excluding hydrogens is 536 g/mol. The number of nitrogens with one attached hydrogen (secondary N) is 1. The number of hydrogen-bond acceptors (Lipinski definition) is 6. The molecule has 8 heteroatoms. The first-order valence-electron chi connectivity index (χ1n) is 14.7. The Hall–Kier alpha value is -3.00. The molecule has 0 radical (unpaired) electrons. The Labute approximate surface area is 251 Å². The Morgan fingerprint density at radius 2 is 1.56 bits per heavy atom. The zero-order chi connectivity index (χ0) is 28.5. The maximum atomic E-state index is 5.72. The fourth-order valence-electron chi connectivity index (χ4n) is 5.53. The highest BCUT2D eigenvalue weighted by Crippen LogP contribution is 2.43. The summed E-state index contributed by atoms with van der Waals surface area (Å²) in [5.41, 5.74) is 5.29. The fraction of sp³-hybridized carbons (Fsp3) is 0.485. The van der Waals surface area contributed by atoms with Crippen molar-refractivity contribution >= 4 is 34.2 Å². The largest absolute Gasteiger partial charge is 0.493 e. The number of unbranched alkanes of at least 4 members (excludes halogenated alkanes) is 2. The van der Waals surface area contributed by atoms with Gasteiger partial charge in [-0.2, -0.15) is 0 Å². The second kappa shape index (κ2) is 15.9. The minimum Gasteiger partial charge on any atom is -0.493 e. The fourth-order valence-corrected chi connectivity index (χ4v) is 5.53. The van der Waals surface area contributed by atoms with E-state index in [1.165, 1.54) is 22.7 Å². The number of para-hydroxylation sites is 1. The van der Waals surface area contributed by atoms with Crippen LogP contribution in [0.3, 0.4) is 0 Å². The van der Waals surface area contributed by atoms with Crippen molar-refractivity contribution in [3.05, 3.63) is 48.2 Å².